The Morgan fingerprint density at radius 2 is 2.25 bits per heavy atom. The van der Waals surface area contributed by atoms with E-state index in [0.29, 0.717) is 4.88 Å². The third-order valence-corrected chi connectivity index (χ3v) is 3.50. The quantitative estimate of drug-likeness (QED) is 0.774. The normalized spacial score (nSPS) is 14.8. The number of amides is 1. The van der Waals surface area contributed by atoms with E-state index in [0.717, 1.165) is 12.8 Å². The van der Waals surface area contributed by atoms with Gasteiger partial charge in [0.1, 0.15) is 0 Å². The van der Waals surface area contributed by atoms with Crippen LogP contribution in [0.2, 0.25) is 0 Å². The van der Waals surface area contributed by atoms with Gasteiger partial charge < -0.3 is 10.6 Å². The molecule has 0 unspecified atom stereocenters. The fourth-order valence-electron chi connectivity index (χ4n) is 1.59. The molecule has 1 aromatic rings. The maximum Gasteiger partial charge on any atom is 0.236 e. The van der Waals surface area contributed by atoms with Crippen molar-refractivity contribution >= 4 is 23.0 Å². The molecule has 86 valence electrons. The summed E-state index contributed by atoms with van der Waals surface area (Å²) in [6.07, 6.45) is 1.98. The molecule has 1 aliphatic carbocycles. The van der Waals surface area contributed by atoms with Gasteiger partial charge in [0.25, 0.3) is 0 Å². The molecule has 16 heavy (non-hydrogen) atoms. The van der Waals surface area contributed by atoms with Crippen LogP contribution in [-0.4, -0.2) is 35.7 Å². The van der Waals surface area contributed by atoms with Crippen LogP contribution < -0.4 is 5.73 Å². The van der Waals surface area contributed by atoms with Crippen LogP contribution in [0.15, 0.2) is 17.5 Å². The third kappa shape index (κ3) is 2.48. The summed E-state index contributed by atoms with van der Waals surface area (Å²) in [7, 11) is 0. The molecular formula is C11H14N2O2S. The minimum atomic E-state index is -0.132. The minimum Gasteiger partial charge on any atom is -0.331 e. The lowest BCUT2D eigenvalue weighted by Gasteiger charge is -2.20. The van der Waals surface area contributed by atoms with Crippen molar-refractivity contribution < 1.29 is 9.59 Å². The van der Waals surface area contributed by atoms with E-state index in [4.69, 9.17) is 5.73 Å². The number of hydrogen-bond donors (Lipinski definition) is 1. The van der Waals surface area contributed by atoms with Gasteiger partial charge in [0.2, 0.25) is 5.91 Å². The highest BCUT2D eigenvalue weighted by Gasteiger charge is 2.33. The standard InChI is InChI=1S/C11H14N2O2S/c12-6-11(15)13(8-3-4-8)7-9(14)10-2-1-5-16-10/h1-2,5,8H,3-4,6-7,12H2. The van der Waals surface area contributed by atoms with Gasteiger partial charge in [-0.2, -0.15) is 0 Å². The first-order valence-electron chi connectivity index (χ1n) is 5.28. The van der Waals surface area contributed by atoms with E-state index in [-0.39, 0.29) is 30.8 Å². The number of carbonyl (C=O) groups is 2. The zero-order valence-corrected chi connectivity index (χ0v) is 9.70. The fourth-order valence-corrected chi connectivity index (χ4v) is 2.25. The molecule has 5 heteroatoms. The van der Waals surface area contributed by atoms with Gasteiger partial charge in [-0.3, -0.25) is 9.59 Å². The number of nitrogens with two attached hydrogens (primary N) is 1. The van der Waals surface area contributed by atoms with Crippen molar-refractivity contribution in [2.24, 2.45) is 5.73 Å². The molecule has 4 nitrogen and oxygen atoms in total. The first-order valence-corrected chi connectivity index (χ1v) is 6.16. The van der Waals surface area contributed by atoms with Crippen molar-refractivity contribution in [3.63, 3.8) is 0 Å². The lowest BCUT2D eigenvalue weighted by Crippen LogP contribution is -2.40. The van der Waals surface area contributed by atoms with Crippen molar-refractivity contribution in [2.75, 3.05) is 13.1 Å². The highest BCUT2D eigenvalue weighted by atomic mass is 32.1. The number of rotatable bonds is 5. The number of ketones is 1. The van der Waals surface area contributed by atoms with E-state index in [9.17, 15) is 9.59 Å². The van der Waals surface area contributed by atoms with Gasteiger partial charge in [0.05, 0.1) is 18.0 Å². The Morgan fingerprint density at radius 3 is 2.75 bits per heavy atom. The molecule has 0 saturated heterocycles. The van der Waals surface area contributed by atoms with E-state index < -0.39 is 0 Å². The molecule has 1 heterocycles. The van der Waals surface area contributed by atoms with E-state index in [1.165, 1.54) is 11.3 Å². The zero-order valence-electron chi connectivity index (χ0n) is 8.89. The van der Waals surface area contributed by atoms with Crippen LogP contribution in [0.25, 0.3) is 0 Å². The van der Waals surface area contributed by atoms with Crippen molar-refractivity contribution in [1.29, 1.82) is 0 Å². The Bertz CT molecular complexity index is 385. The number of nitrogens with zero attached hydrogens (tertiary/aromatic N) is 1. The van der Waals surface area contributed by atoms with E-state index >= 15 is 0 Å². The average molecular weight is 238 g/mol. The molecule has 0 aliphatic heterocycles. The summed E-state index contributed by atoms with van der Waals surface area (Å²) in [5.74, 6) is -0.129. The molecule has 1 amide bonds. The van der Waals surface area contributed by atoms with E-state index in [1.54, 1.807) is 11.0 Å². The number of Topliss-reactive ketones (excluding diaryl/α,β-unsaturated/α-hetero) is 1. The lowest BCUT2D eigenvalue weighted by molar-refractivity contribution is -0.129. The molecule has 1 aromatic heterocycles. The van der Waals surface area contributed by atoms with Crippen LogP contribution in [0, 0.1) is 0 Å². The summed E-state index contributed by atoms with van der Waals surface area (Å²) in [6.45, 7) is 0.148. The summed E-state index contributed by atoms with van der Waals surface area (Å²) < 4.78 is 0. The van der Waals surface area contributed by atoms with Gasteiger partial charge in [-0.05, 0) is 24.3 Å². The molecule has 1 fully saturated rings. The molecule has 1 saturated carbocycles. The first kappa shape index (κ1) is 11.3. The Labute approximate surface area is 98.0 Å². The molecule has 0 bridgehead atoms. The molecule has 0 aromatic carbocycles. The summed E-state index contributed by atoms with van der Waals surface area (Å²) in [5.41, 5.74) is 5.33. The molecule has 2 rings (SSSR count). The smallest absolute Gasteiger partial charge is 0.236 e. The second-order valence-corrected chi connectivity index (χ2v) is 4.81. The summed E-state index contributed by atoms with van der Waals surface area (Å²) in [6, 6.07) is 3.86. The van der Waals surface area contributed by atoms with E-state index in [2.05, 4.69) is 0 Å². The second-order valence-electron chi connectivity index (χ2n) is 3.86. The monoisotopic (exact) mass is 238 g/mol. The fraction of sp³-hybridized carbons (Fsp3) is 0.455. The van der Waals surface area contributed by atoms with Crippen molar-refractivity contribution in [3.05, 3.63) is 22.4 Å². The van der Waals surface area contributed by atoms with Crippen LogP contribution in [0.1, 0.15) is 22.5 Å². The summed E-state index contributed by atoms with van der Waals surface area (Å²) in [5, 5.41) is 1.86. The average Bonchev–Trinajstić information content (AvgIpc) is 2.98. The van der Waals surface area contributed by atoms with Gasteiger partial charge >= 0.3 is 0 Å². The molecular weight excluding hydrogens is 224 g/mol. The Hall–Kier alpha value is -1.20. The lowest BCUT2D eigenvalue weighted by atomic mass is 10.3. The largest absolute Gasteiger partial charge is 0.331 e. The van der Waals surface area contributed by atoms with Crippen LogP contribution in [0.4, 0.5) is 0 Å². The number of carbonyl (C=O) groups excluding carboxylic acids is 2. The van der Waals surface area contributed by atoms with Crippen LogP contribution in [0.5, 0.6) is 0 Å². The zero-order chi connectivity index (χ0) is 11.5. The molecule has 1 aliphatic rings. The van der Waals surface area contributed by atoms with Gasteiger partial charge in [-0.1, -0.05) is 6.07 Å². The summed E-state index contributed by atoms with van der Waals surface area (Å²) in [4.78, 5) is 25.7. The van der Waals surface area contributed by atoms with Crippen molar-refractivity contribution in [1.82, 2.24) is 4.90 Å². The molecule has 2 N–H and O–H groups in total. The predicted molar refractivity (Wildman–Crippen MR) is 62.4 cm³/mol. The number of hydrogen-bond acceptors (Lipinski definition) is 4. The third-order valence-electron chi connectivity index (χ3n) is 2.59. The Kier molecular flexibility index (Phi) is 3.36. The van der Waals surface area contributed by atoms with Crippen molar-refractivity contribution in [2.45, 2.75) is 18.9 Å². The molecule has 0 atom stereocenters. The highest BCUT2D eigenvalue weighted by Crippen LogP contribution is 2.27. The van der Waals surface area contributed by atoms with Crippen molar-refractivity contribution in [3.8, 4) is 0 Å². The topological polar surface area (TPSA) is 63.4 Å². The molecule has 0 spiro atoms. The minimum absolute atomic E-state index is 0.00343. The van der Waals surface area contributed by atoms with Gasteiger partial charge in [-0.15, -0.1) is 11.3 Å². The predicted octanol–water partition coefficient (Wildman–Crippen LogP) is 0.880. The van der Waals surface area contributed by atoms with Gasteiger partial charge in [-0.25, -0.2) is 0 Å². The van der Waals surface area contributed by atoms with Crippen LogP contribution in [0.3, 0.4) is 0 Å². The highest BCUT2D eigenvalue weighted by molar-refractivity contribution is 7.12. The maximum absolute atomic E-state index is 11.8. The maximum atomic E-state index is 11.8. The SMILES string of the molecule is NCC(=O)N(CC(=O)c1cccs1)C1CC1. The Balaban J connectivity index is 2.00. The van der Waals surface area contributed by atoms with Gasteiger partial charge in [0.15, 0.2) is 5.78 Å². The van der Waals surface area contributed by atoms with Crippen LogP contribution in [-0.2, 0) is 4.79 Å². The molecule has 0 radical (unpaired) electrons. The Morgan fingerprint density at radius 1 is 1.50 bits per heavy atom. The first-order chi connectivity index (χ1) is 7.72. The van der Waals surface area contributed by atoms with Gasteiger partial charge in [0, 0.05) is 6.04 Å². The van der Waals surface area contributed by atoms with E-state index in [1.807, 2.05) is 11.4 Å². The summed E-state index contributed by atoms with van der Waals surface area (Å²) >= 11 is 1.41. The van der Waals surface area contributed by atoms with Crippen LogP contribution >= 0.6 is 11.3 Å². The number of thiophene rings is 1. The second kappa shape index (κ2) is 4.76.